The molecular formula is C17H15BrN2O3. The molecule has 0 saturated carbocycles. The highest BCUT2D eigenvalue weighted by Crippen LogP contribution is 2.33. The predicted octanol–water partition coefficient (Wildman–Crippen LogP) is 4.20. The summed E-state index contributed by atoms with van der Waals surface area (Å²) in [5.74, 6) is 0.990. The fraction of sp³-hybridized carbons (Fsp3) is 0.118. The number of methoxy groups -OCH3 is 2. The molecule has 1 aromatic heterocycles. The second kappa shape index (κ2) is 6.34. The molecule has 0 fully saturated rings. The summed E-state index contributed by atoms with van der Waals surface area (Å²) < 4.78 is 11.4. The van der Waals surface area contributed by atoms with E-state index in [0.717, 1.165) is 15.4 Å². The van der Waals surface area contributed by atoms with Crippen molar-refractivity contribution in [3.8, 4) is 11.5 Å². The Bertz CT molecular complexity index is 873. The zero-order valence-corrected chi connectivity index (χ0v) is 14.2. The molecule has 0 radical (unpaired) electrons. The van der Waals surface area contributed by atoms with E-state index in [1.165, 1.54) is 0 Å². The monoisotopic (exact) mass is 374 g/mol. The number of anilines is 1. The van der Waals surface area contributed by atoms with Gasteiger partial charge in [-0.25, -0.2) is 0 Å². The molecule has 2 aromatic carbocycles. The van der Waals surface area contributed by atoms with Gasteiger partial charge in [-0.05, 0) is 34.1 Å². The summed E-state index contributed by atoms with van der Waals surface area (Å²) in [4.78, 5) is 15.7. The lowest BCUT2D eigenvalue weighted by Crippen LogP contribution is -2.11. The molecule has 0 atom stereocenters. The lowest BCUT2D eigenvalue weighted by molar-refractivity contribution is 0.102. The number of carbonyl (C=O) groups is 1. The van der Waals surface area contributed by atoms with E-state index in [1.807, 2.05) is 30.3 Å². The van der Waals surface area contributed by atoms with Crippen molar-refractivity contribution in [2.75, 3.05) is 19.5 Å². The van der Waals surface area contributed by atoms with Gasteiger partial charge in [0.1, 0.15) is 0 Å². The summed E-state index contributed by atoms with van der Waals surface area (Å²) in [5, 5.41) is 3.66. The van der Waals surface area contributed by atoms with Crippen LogP contribution in [0.3, 0.4) is 0 Å². The van der Waals surface area contributed by atoms with Crippen LogP contribution in [0.15, 0.2) is 47.1 Å². The lowest BCUT2D eigenvalue weighted by atomic mass is 10.1. The molecular weight excluding hydrogens is 360 g/mol. The molecule has 3 aromatic rings. The van der Waals surface area contributed by atoms with E-state index >= 15 is 0 Å². The maximum atomic E-state index is 12.6. The highest BCUT2D eigenvalue weighted by Gasteiger charge is 2.16. The molecule has 2 N–H and O–H groups in total. The first-order valence-electron chi connectivity index (χ1n) is 6.93. The van der Waals surface area contributed by atoms with Crippen LogP contribution in [0.1, 0.15) is 10.4 Å². The molecule has 1 amide bonds. The maximum absolute atomic E-state index is 12.6. The molecule has 0 spiro atoms. The molecule has 0 aliphatic heterocycles. The minimum Gasteiger partial charge on any atom is -0.493 e. The number of aromatic nitrogens is 1. The minimum absolute atomic E-state index is 0.199. The largest absolute Gasteiger partial charge is 0.493 e. The van der Waals surface area contributed by atoms with Crippen molar-refractivity contribution >= 4 is 38.4 Å². The Morgan fingerprint density at radius 2 is 1.83 bits per heavy atom. The SMILES string of the molecule is COc1cc2[nH]cc(C(=O)Nc3ccccc3Br)c2cc1OC. The van der Waals surface area contributed by atoms with Gasteiger partial charge in [-0.15, -0.1) is 0 Å². The van der Waals surface area contributed by atoms with Crippen molar-refractivity contribution in [2.45, 2.75) is 0 Å². The van der Waals surface area contributed by atoms with Crippen LogP contribution >= 0.6 is 15.9 Å². The van der Waals surface area contributed by atoms with Gasteiger partial charge in [0.25, 0.3) is 5.91 Å². The Hall–Kier alpha value is -2.47. The van der Waals surface area contributed by atoms with Crippen LogP contribution in [0.4, 0.5) is 5.69 Å². The average Bonchev–Trinajstić information content (AvgIpc) is 2.98. The zero-order valence-electron chi connectivity index (χ0n) is 12.6. The standard InChI is InChI=1S/C17H15BrN2O3/c1-22-15-7-10-11(9-19-14(10)8-16(15)23-2)17(21)20-13-6-4-3-5-12(13)18/h3-9,19H,1-2H3,(H,20,21). The van der Waals surface area contributed by atoms with E-state index in [2.05, 4.69) is 26.2 Å². The highest BCUT2D eigenvalue weighted by atomic mass is 79.9. The first-order valence-corrected chi connectivity index (χ1v) is 7.72. The van der Waals surface area contributed by atoms with E-state index in [9.17, 15) is 4.79 Å². The molecule has 118 valence electrons. The van der Waals surface area contributed by atoms with Crippen LogP contribution in [0.5, 0.6) is 11.5 Å². The molecule has 0 unspecified atom stereocenters. The van der Waals surface area contributed by atoms with Crippen molar-refractivity contribution in [1.29, 1.82) is 0 Å². The summed E-state index contributed by atoms with van der Waals surface area (Å²) in [6.45, 7) is 0. The lowest BCUT2D eigenvalue weighted by Gasteiger charge is -2.09. The zero-order chi connectivity index (χ0) is 16.4. The van der Waals surface area contributed by atoms with Gasteiger partial charge in [0.2, 0.25) is 0 Å². The van der Waals surface area contributed by atoms with Crippen LogP contribution in [-0.2, 0) is 0 Å². The smallest absolute Gasteiger partial charge is 0.257 e. The Kier molecular flexibility index (Phi) is 4.25. The molecule has 0 saturated heterocycles. The van der Waals surface area contributed by atoms with E-state index in [-0.39, 0.29) is 5.91 Å². The third kappa shape index (κ3) is 2.90. The van der Waals surface area contributed by atoms with Gasteiger partial charge in [-0.1, -0.05) is 12.1 Å². The second-order valence-electron chi connectivity index (χ2n) is 4.89. The number of fused-ring (bicyclic) bond motifs is 1. The van der Waals surface area contributed by atoms with Crippen molar-refractivity contribution < 1.29 is 14.3 Å². The summed E-state index contributed by atoms with van der Waals surface area (Å²) in [6, 6.07) is 11.1. The number of ether oxygens (including phenoxy) is 2. The summed E-state index contributed by atoms with van der Waals surface area (Å²) >= 11 is 3.42. The molecule has 0 aliphatic rings. The quantitative estimate of drug-likeness (QED) is 0.719. The van der Waals surface area contributed by atoms with Gasteiger partial charge in [0.15, 0.2) is 11.5 Å². The van der Waals surface area contributed by atoms with Gasteiger partial charge in [0, 0.05) is 22.1 Å². The molecule has 0 bridgehead atoms. The van der Waals surface area contributed by atoms with Crippen LogP contribution < -0.4 is 14.8 Å². The second-order valence-corrected chi connectivity index (χ2v) is 5.74. The van der Waals surface area contributed by atoms with Crippen molar-refractivity contribution in [3.05, 3.63) is 52.6 Å². The summed E-state index contributed by atoms with van der Waals surface area (Å²) in [6.07, 6.45) is 1.68. The maximum Gasteiger partial charge on any atom is 0.257 e. The Morgan fingerprint density at radius 1 is 1.13 bits per heavy atom. The van der Waals surface area contributed by atoms with Gasteiger partial charge >= 0.3 is 0 Å². The van der Waals surface area contributed by atoms with Crippen molar-refractivity contribution in [1.82, 2.24) is 4.98 Å². The predicted molar refractivity (Wildman–Crippen MR) is 93.5 cm³/mol. The normalized spacial score (nSPS) is 10.6. The van der Waals surface area contributed by atoms with Crippen molar-refractivity contribution in [3.63, 3.8) is 0 Å². The van der Waals surface area contributed by atoms with E-state index in [4.69, 9.17) is 9.47 Å². The third-order valence-electron chi connectivity index (χ3n) is 3.55. The van der Waals surface area contributed by atoms with Gasteiger partial charge in [-0.3, -0.25) is 4.79 Å². The number of aromatic amines is 1. The van der Waals surface area contributed by atoms with Gasteiger partial charge < -0.3 is 19.8 Å². The van der Waals surface area contributed by atoms with Gasteiger partial charge in [0.05, 0.1) is 31.0 Å². The Balaban J connectivity index is 1.99. The number of hydrogen-bond acceptors (Lipinski definition) is 3. The minimum atomic E-state index is -0.199. The number of carbonyl (C=O) groups excluding carboxylic acids is 1. The number of H-pyrrole nitrogens is 1. The molecule has 0 aliphatic carbocycles. The number of amides is 1. The first kappa shape index (κ1) is 15.4. The molecule has 6 heteroatoms. The van der Waals surface area contributed by atoms with Crippen LogP contribution in [0.25, 0.3) is 10.9 Å². The van der Waals surface area contributed by atoms with Crippen LogP contribution in [0, 0.1) is 0 Å². The fourth-order valence-electron chi connectivity index (χ4n) is 2.39. The Morgan fingerprint density at radius 3 is 2.52 bits per heavy atom. The summed E-state index contributed by atoms with van der Waals surface area (Å²) in [7, 11) is 3.14. The first-order chi connectivity index (χ1) is 11.1. The number of nitrogens with one attached hydrogen (secondary N) is 2. The fourth-order valence-corrected chi connectivity index (χ4v) is 2.77. The van der Waals surface area contributed by atoms with Gasteiger partial charge in [-0.2, -0.15) is 0 Å². The Labute approximate surface area is 141 Å². The molecule has 23 heavy (non-hydrogen) atoms. The summed E-state index contributed by atoms with van der Waals surface area (Å²) in [5.41, 5.74) is 2.06. The number of hydrogen-bond donors (Lipinski definition) is 2. The molecule has 1 heterocycles. The van der Waals surface area contributed by atoms with E-state index in [1.54, 1.807) is 26.5 Å². The van der Waals surface area contributed by atoms with E-state index < -0.39 is 0 Å². The van der Waals surface area contributed by atoms with Crippen molar-refractivity contribution in [2.24, 2.45) is 0 Å². The van der Waals surface area contributed by atoms with E-state index in [0.29, 0.717) is 22.7 Å². The number of halogens is 1. The molecule has 5 nitrogen and oxygen atoms in total. The van der Waals surface area contributed by atoms with Crippen LogP contribution in [0.2, 0.25) is 0 Å². The number of benzene rings is 2. The topological polar surface area (TPSA) is 63.4 Å². The molecule has 3 rings (SSSR count). The number of para-hydroxylation sites is 1. The number of rotatable bonds is 4. The average molecular weight is 375 g/mol. The third-order valence-corrected chi connectivity index (χ3v) is 4.24. The highest BCUT2D eigenvalue weighted by molar-refractivity contribution is 9.10. The van der Waals surface area contributed by atoms with Crippen LogP contribution in [-0.4, -0.2) is 25.1 Å².